The summed E-state index contributed by atoms with van der Waals surface area (Å²) in [4.78, 5) is 62.7. The zero-order valence-corrected chi connectivity index (χ0v) is 28.5. The Hall–Kier alpha value is -3.25. The number of hydrogen-bond donors (Lipinski definition) is 9. The summed E-state index contributed by atoms with van der Waals surface area (Å²) < 4.78 is 14.5. The molecule has 0 saturated heterocycles. The van der Waals surface area contributed by atoms with E-state index in [1.807, 2.05) is 0 Å². The smallest absolute Gasteiger partial charge is 0.327 e. The number of nitrogens with zero attached hydrogens (tertiary/aromatic N) is 4. The molecule has 0 rings (SSSR count). The van der Waals surface area contributed by atoms with Gasteiger partial charge < -0.3 is 43.2 Å². The van der Waals surface area contributed by atoms with Crippen LogP contribution in [0.15, 0.2) is 15.0 Å². The molecule has 0 spiro atoms. The van der Waals surface area contributed by atoms with Gasteiger partial charge in [-0.15, -0.1) is 0 Å². The Balaban J connectivity index is 6.35. The van der Waals surface area contributed by atoms with E-state index in [2.05, 4.69) is 25.2 Å². The number of aliphatic imine (C=N–C) groups is 3. The molecular weight excluding hydrogens is 643 g/mol. The first-order valence-electron chi connectivity index (χ1n) is 14.7. The summed E-state index contributed by atoms with van der Waals surface area (Å²) in [6.45, 7) is 5.15. The van der Waals surface area contributed by atoms with Gasteiger partial charge in [0.1, 0.15) is 24.4 Å². The molecule has 46 heavy (non-hydrogen) atoms. The molecule has 0 radical (unpaired) electrons. The quantitative estimate of drug-likeness (QED) is 0.0242. The summed E-state index contributed by atoms with van der Waals surface area (Å²) >= 11 is 1.15. The monoisotopic (exact) mass is 694 g/mol. The van der Waals surface area contributed by atoms with E-state index in [1.165, 1.54) is 0 Å². The molecule has 0 saturated carbocycles. The highest BCUT2D eigenvalue weighted by Crippen LogP contribution is 2.40. The maximum atomic E-state index is 14.5. The lowest BCUT2D eigenvalue weighted by Crippen LogP contribution is -2.53. The molecule has 13 N–H and O–H groups in total. The molecular formula is C26H51N10O8PS. The Morgan fingerprint density at radius 2 is 1.20 bits per heavy atom. The van der Waals surface area contributed by atoms with Gasteiger partial charge in [-0.25, -0.2) is 15.0 Å². The highest BCUT2D eigenvalue weighted by Gasteiger charge is 2.39. The van der Waals surface area contributed by atoms with Crippen molar-refractivity contribution < 1.29 is 39.1 Å². The van der Waals surface area contributed by atoms with Crippen LogP contribution in [0.2, 0.25) is 0 Å². The molecule has 264 valence electrons. The fourth-order valence-corrected chi connectivity index (χ4v) is 7.44. The Bertz CT molecular complexity index is 1080. The number of amidine groups is 3. The van der Waals surface area contributed by atoms with E-state index in [0.717, 1.165) is 16.7 Å². The number of carboxylic acids is 3. The highest BCUT2D eigenvalue weighted by molar-refractivity contribution is 7.99. The van der Waals surface area contributed by atoms with E-state index in [4.69, 9.17) is 22.9 Å². The van der Waals surface area contributed by atoms with Gasteiger partial charge in [-0.05, 0) is 59.3 Å². The molecule has 20 heteroatoms. The van der Waals surface area contributed by atoms with Gasteiger partial charge in [0.2, 0.25) is 13.4 Å². The zero-order valence-electron chi connectivity index (χ0n) is 26.8. The molecule has 0 aliphatic heterocycles. The molecule has 0 aromatic rings. The number of rotatable bonds is 26. The van der Waals surface area contributed by atoms with Crippen molar-refractivity contribution in [3.8, 4) is 0 Å². The zero-order chi connectivity index (χ0) is 35.3. The number of carbonyl (C=O) groups is 4. The number of aliphatic carboxylic acids is 3. The van der Waals surface area contributed by atoms with Gasteiger partial charge in [0.25, 0.3) is 0 Å². The summed E-state index contributed by atoms with van der Waals surface area (Å²) in [5.41, 5.74) is 22.2. The van der Waals surface area contributed by atoms with Crippen LogP contribution in [0.4, 0.5) is 0 Å². The van der Waals surface area contributed by atoms with Crippen molar-refractivity contribution in [2.75, 3.05) is 44.0 Å². The molecule has 0 aromatic heterocycles. The maximum Gasteiger partial charge on any atom is 0.327 e. The molecule has 0 fully saturated rings. The van der Waals surface area contributed by atoms with E-state index in [0.29, 0.717) is 68.6 Å². The first kappa shape index (κ1) is 42.8. The number of nitrogens with two attached hydrogens (primary N) is 4. The number of nitrogens with one attached hydrogen (secondary N) is 2. The summed E-state index contributed by atoms with van der Waals surface area (Å²) in [6.07, 6.45) is 0.677. The lowest BCUT2D eigenvalue weighted by atomic mass is 10.1. The summed E-state index contributed by atoms with van der Waals surface area (Å²) in [5.74, 6) is -3.76. The van der Waals surface area contributed by atoms with E-state index in [1.54, 1.807) is 20.8 Å². The standard InChI is InChI=1S/C26H51N10O8PS/c1-17(28)31-10-6-4-8-20(24(38)39)34-45(44,35-21(25(40)41)9-5-7-11-32-18(2)29)16-36(23(37)14-27)22(26(42)43)15-46-13-12-33-19(3)30/h20-22H,4-16,27H2,1-3H3,(H2,28,31)(H2,29,32)(H2,30,33)(H,38,39)(H,40,41)(H,42,43)(H2,34,35,44). The molecule has 0 aromatic carbocycles. The second-order valence-corrected chi connectivity index (χ2v) is 13.9. The summed E-state index contributed by atoms with van der Waals surface area (Å²) in [7, 11) is -4.37. The van der Waals surface area contributed by atoms with Crippen molar-refractivity contribution in [1.82, 2.24) is 15.1 Å². The van der Waals surface area contributed by atoms with Crippen LogP contribution in [-0.2, 0) is 23.7 Å². The van der Waals surface area contributed by atoms with E-state index in [9.17, 15) is 39.1 Å². The fraction of sp³-hybridized carbons (Fsp3) is 0.731. The Labute approximate surface area is 273 Å². The molecule has 0 heterocycles. The normalized spacial score (nSPS) is 15.9. The summed E-state index contributed by atoms with van der Waals surface area (Å²) in [6, 6.07) is -4.41. The summed E-state index contributed by atoms with van der Waals surface area (Å²) in [5, 5.41) is 35.0. The van der Waals surface area contributed by atoms with Gasteiger partial charge in [-0.2, -0.15) is 11.8 Å². The van der Waals surface area contributed by atoms with Crippen molar-refractivity contribution in [1.29, 1.82) is 0 Å². The minimum absolute atomic E-state index is 0.0293. The second-order valence-electron chi connectivity index (χ2n) is 10.5. The third-order valence-electron chi connectivity index (χ3n) is 6.23. The lowest BCUT2D eigenvalue weighted by Gasteiger charge is -2.35. The minimum Gasteiger partial charge on any atom is -0.480 e. The number of hydrogen-bond acceptors (Lipinski definition) is 10. The lowest BCUT2D eigenvalue weighted by molar-refractivity contribution is -0.148. The van der Waals surface area contributed by atoms with Gasteiger partial charge in [-0.3, -0.25) is 33.9 Å². The third kappa shape index (κ3) is 19.3. The largest absolute Gasteiger partial charge is 0.480 e. The van der Waals surface area contributed by atoms with Crippen LogP contribution in [0.3, 0.4) is 0 Å². The number of unbranched alkanes of at least 4 members (excludes halogenated alkanes) is 2. The van der Waals surface area contributed by atoms with Crippen LogP contribution in [0.1, 0.15) is 59.3 Å². The van der Waals surface area contributed by atoms with Crippen molar-refractivity contribution in [2.45, 2.75) is 77.4 Å². The van der Waals surface area contributed by atoms with E-state index in [-0.39, 0.29) is 18.6 Å². The Kier molecular flexibility index (Phi) is 21.5. The van der Waals surface area contributed by atoms with Crippen LogP contribution in [0.25, 0.3) is 0 Å². The first-order chi connectivity index (χ1) is 21.5. The number of thioether (sulfide) groups is 1. The van der Waals surface area contributed by atoms with Crippen molar-refractivity contribution in [3.05, 3.63) is 0 Å². The molecule has 1 amide bonds. The van der Waals surface area contributed by atoms with Crippen molar-refractivity contribution in [2.24, 2.45) is 37.9 Å². The van der Waals surface area contributed by atoms with Crippen molar-refractivity contribution in [3.63, 3.8) is 0 Å². The predicted octanol–water partition coefficient (Wildman–Crippen LogP) is -0.332. The molecule has 18 nitrogen and oxygen atoms in total. The fourth-order valence-electron chi connectivity index (χ4n) is 4.00. The van der Waals surface area contributed by atoms with E-state index < -0.39 is 62.2 Å². The molecule has 3 unspecified atom stereocenters. The first-order valence-corrected chi connectivity index (χ1v) is 17.8. The number of carboxylic acid groups (broad SMARTS) is 3. The highest BCUT2D eigenvalue weighted by atomic mass is 32.2. The van der Waals surface area contributed by atoms with Crippen LogP contribution in [-0.4, -0.2) is 124 Å². The minimum atomic E-state index is -4.37. The topological polar surface area (TPSA) is 315 Å². The van der Waals surface area contributed by atoms with Gasteiger partial charge >= 0.3 is 17.9 Å². The average Bonchev–Trinajstić information content (AvgIpc) is 2.95. The average molecular weight is 695 g/mol. The molecule has 0 bridgehead atoms. The third-order valence-corrected chi connectivity index (χ3v) is 9.41. The Morgan fingerprint density at radius 1 is 0.761 bits per heavy atom. The van der Waals surface area contributed by atoms with Crippen LogP contribution in [0.5, 0.6) is 0 Å². The van der Waals surface area contributed by atoms with Crippen LogP contribution in [0, 0.1) is 0 Å². The predicted molar refractivity (Wildman–Crippen MR) is 180 cm³/mol. The van der Waals surface area contributed by atoms with Crippen LogP contribution >= 0.6 is 19.2 Å². The van der Waals surface area contributed by atoms with Gasteiger partial charge in [0.15, 0.2) is 0 Å². The Morgan fingerprint density at radius 3 is 1.57 bits per heavy atom. The maximum absolute atomic E-state index is 14.5. The van der Waals surface area contributed by atoms with E-state index >= 15 is 0 Å². The molecule has 3 atom stereocenters. The van der Waals surface area contributed by atoms with Crippen molar-refractivity contribution >= 4 is 60.5 Å². The number of amides is 1. The second kappa shape index (κ2) is 23.1. The SMILES string of the molecule is CC(N)=NCCCCC(NP(=O)(CN(C(=O)CN)C(CSCCN=C(C)N)C(=O)O)NC(CCCCN=C(C)N)C(=O)O)C(=O)O. The molecule has 0 aliphatic rings. The van der Waals surface area contributed by atoms with Gasteiger partial charge in [0, 0.05) is 31.1 Å². The van der Waals surface area contributed by atoms with Crippen LogP contribution < -0.4 is 33.1 Å². The van der Waals surface area contributed by atoms with Gasteiger partial charge in [0.05, 0.1) is 24.1 Å². The molecule has 0 aliphatic carbocycles. The number of carbonyl (C=O) groups excluding carboxylic acids is 1. The van der Waals surface area contributed by atoms with Gasteiger partial charge in [-0.1, -0.05) is 0 Å².